The molecule has 5 nitrogen and oxygen atoms in total. The Morgan fingerprint density at radius 2 is 1.88 bits per heavy atom. The first-order valence-corrected chi connectivity index (χ1v) is 5.21. The smallest absolute Gasteiger partial charge is 0.272 e. The number of nitrogens with one attached hydrogen (secondary N) is 1. The Kier molecular flexibility index (Phi) is 2.82. The van der Waals surface area contributed by atoms with Gasteiger partial charge in [0.1, 0.15) is 5.82 Å². The Morgan fingerprint density at radius 1 is 1.24 bits per heavy atom. The zero-order valence-electron chi connectivity index (χ0n) is 9.77. The first kappa shape index (κ1) is 11.2. The number of nitrogen functional groups attached to an aromatic ring is 1. The fourth-order valence-corrected chi connectivity index (χ4v) is 1.57. The minimum Gasteiger partial charge on any atom is -0.382 e. The summed E-state index contributed by atoms with van der Waals surface area (Å²) in [5.41, 5.74) is 7.75. The van der Waals surface area contributed by atoms with Crippen molar-refractivity contribution in [1.29, 1.82) is 0 Å². The monoisotopic (exact) mass is 230 g/mol. The summed E-state index contributed by atoms with van der Waals surface area (Å²) in [6.07, 6.45) is 0. The second-order valence-corrected chi connectivity index (χ2v) is 3.98. The average molecular weight is 230 g/mol. The van der Waals surface area contributed by atoms with Gasteiger partial charge in [-0.25, -0.2) is 5.10 Å². The number of anilines is 2. The standard InChI is InChI=1S/C12H14N4O/c1-16(2)9-5-3-8(4-6-9)10-7-11(13)14-15-12(10)17/h3-7H,1-2H3,(H2,13,14)(H,15,17). The summed E-state index contributed by atoms with van der Waals surface area (Å²) in [4.78, 5) is 13.6. The Hall–Kier alpha value is -2.30. The molecule has 17 heavy (non-hydrogen) atoms. The number of rotatable bonds is 2. The lowest BCUT2D eigenvalue weighted by Crippen LogP contribution is -2.12. The maximum absolute atomic E-state index is 11.6. The van der Waals surface area contributed by atoms with Crippen molar-refractivity contribution >= 4 is 11.5 Å². The average Bonchev–Trinajstić information content (AvgIpc) is 2.32. The van der Waals surface area contributed by atoms with E-state index in [1.165, 1.54) is 0 Å². The molecule has 0 amide bonds. The molecule has 0 spiro atoms. The van der Waals surface area contributed by atoms with Crippen LogP contribution in [0, 0.1) is 0 Å². The van der Waals surface area contributed by atoms with Gasteiger partial charge < -0.3 is 10.6 Å². The SMILES string of the molecule is CN(C)c1ccc(-c2cc(N)n[nH]c2=O)cc1. The van der Waals surface area contributed by atoms with Crippen LogP contribution in [0.15, 0.2) is 35.1 Å². The van der Waals surface area contributed by atoms with Gasteiger partial charge in [-0.15, -0.1) is 0 Å². The normalized spacial score (nSPS) is 10.2. The first-order chi connectivity index (χ1) is 8.08. The van der Waals surface area contributed by atoms with E-state index in [9.17, 15) is 4.79 Å². The van der Waals surface area contributed by atoms with Gasteiger partial charge in [-0.2, -0.15) is 5.10 Å². The van der Waals surface area contributed by atoms with Crippen molar-refractivity contribution in [3.63, 3.8) is 0 Å². The van der Waals surface area contributed by atoms with Crippen LogP contribution in [0.3, 0.4) is 0 Å². The summed E-state index contributed by atoms with van der Waals surface area (Å²) in [5.74, 6) is 0.302. The highest BCUT2D eigenvalue weighted by Crippen LogP contribution is 2.20. The highest BCUT2D eigenvalue weighted by atomic mass is 16.1. The largest absolute Gasteiger partial charge is 0.382 e. The molecular formula is C12H14N4O. The third kappa shape index (κ3) is 2.28. The number of H-pyrrole nitrogens is 1. The zero-order valence-corrected chi connectivity index (χ0v) is 9.77. The Bertz CT molecular complexity index is 572. The van der Waals surface area contributed by atoms with Gasteiger partial charge in [0, 0.05) is 19.8 Å². The molecule has 0 aliphatic rings. The molecule has 0 fully saturated rings. The van der Waals surface area contributed by atoms with E-state index in [1.807, 2.05) is 43.3 Å². The van der Waals surface area contributed by atoms with Crippen LogP contribution in [0.2, 0.25) is 0 Å². The molecule has 0 aliphatic heterocycles. The van der Waals surface area contributed by atoms with Crippen LogP contribution in [0.1, 0.15) is 0 Å². The van der Waals surface area contributed by atoms with Crippen LogP contribution in [-0.4, -0.2) is 24.3 Å². The first-order valence-electron chi connectivity index (χ1n) is 5.21. The van der Waals surface area contributed by atoms with Gasteiger partial charge in [-0.1, -0.05) is 12.1 Å². The molecule has 0 saturated carbocycles. The molecule has 0 atom stereocenters. The molecule has 0 aliphatic carbocycles. The molecule has 3 N–H and O–H groups in total. The third-order valence-electron chi connectivity index (χ3n) is 2.52. The zero-order chi connectivity index (χ0) is 12.4. The predicted octanol–water partition coefficient (Wildman–Crippen LogP) is 1.09. The predicted molar refractivity (Wildman–Crippen MR) is 69.0 cm³/mol. The van der Waals surface area contributed by atoms with Crippen LogP contribution in [0.5, 0.6) is 0 Å². The summed E-state index contributed by atoms with van der Waals surface area (Å²) >= 11 is 0. The van der Waals surface area contributed by atoms with Gasteiger partial charge >= 0.3 is 0 Å². The second-order valence-electron chi connectivity index (χ2n) is 3.98. The molecule has 2 aromatic rings. The lowest BCUT2D eigenvalue weighted by atomic mass is 10.1. The van der Waals surface area contributed by atoms with Crippen molar-refractivity contribution in [2.45, 2.75) is 0 Å². The van der Waals surface area contributed by atoms with Crippen molar-refractivity contribution in [2.75, 3.05) is 24.7 Å². The minimum atomic E-state index is -0.239. The molecule has 0 unspecified atom stereocenters. The number of hydrogen-bond donors (Lipinski definition) is 2. The van der Waals surface area contributed by atoms with Gasteiger partial charge in [0.25, 0.3) is 5.56 Å². The number of hydrogen-bond acceptors (Lipinski definition) is 4. The van der Waals surface area contributed by atoms with E-state index >= 15 is 0 Å². The topological polar surface area (TPSA) is 75.0 Å². The summed E-state index contributed by atoms with van der Waals surface area (Å²) in [6.45, 7) is 0. The Morgan fingerprint density at radius 3 is 2.47 bits per heavy atom. The van der Waals surface area contributed by atoms with Crippen LogP contribution in [0.4, 0.5) is 11.5 Å². The number of benzene rings is 1. The van der Waals surface area contributed by atoms with E-state index in [1.54, 1.807) is 6.07 Å². The molecule has 2 rings (SSSR count). The van der Waals surface area contributed by atoms with Crippen LogP contribution in [-0.2, 0) is 0 Å². The number of nitrogens with zero attached hydrogens (tertiary/aromatic N) is 2. The van der Waals surface area contributed by atoms with Crippen molar-refractivity contribution in [3.8, 4) is 11.1 Å². The molecule has 0 saturated heterocycles. The van der Waals surface area contributed by atoms with Crippen LogP contribution >= 0.6 is 0 Å². The lowest BCUT2D eigenvalue weighted by molar-refractivity contribution is 1.00. The quantitative estimate of drug-likeness (QED) is 0.809. The maximum atomic E-state index is 11.6. The van der Waals surface area contributed by atoms with Crippen LogP contribution in [0.25, 0.3) is 11.1 Å². The lowest BCUT2D eigenvalue weighted by Gasteiger charge is -2.12. The van der Waals surface area contributed by atoms with Gasteiger partial charge in [0.2, 0.25) is 0 Å². The molecule has 1 aromatic heterocycles. The van der Waals surface area contributed by atoms with Gasteiger partial charge in [-0.05, 0) is 23.8 Å². The molecule has 88 valence electrons. The van der Waals surface area contributed by atoms with Crippen molar-refractivity contribution in [1.82, 2.24) is 10.2 Å². The summed E-state index contributed by atoms with van der Waals surface area (Å²) < 4.78 is 0. The van der Waals surface area contributed by atoms with E-state index in [4.69, 9.17) is 5.73 Å². The Labute approximate surface area is 98.9 Å². The van der Waals surface area contributed by atoms with Crippen molar-refractivity contribution in [2.24, 2.45) is 0 Å². The number of aromatic amines is 1. The highest BCUT2D eigenvalue weighted by molar-refractivity contribution is 5.67. The van der Waals surface area contributed by atoms with Gasteiger partial charge in [0.15, 0.2) is 0 Å². The van der Waals surface area contributed by atoms with Crippen LogP contribution < -0.4 is 16.2 Å². The molecule has 0 radical (unpaired) electrons. The fraction of sp³-hybridized carbons (Fsp3) is 0.167. The number of nitrogens with two attached hydrogens (primary N) is 1. The third-order valence-corrected chi connectivity index (χ3v) is 2.52. The van der Waals surface area contributed by atoms with E-state index < -0.39 is 0 Å². The maximum Gasteiger partial charge on any atom is 0.272 e. The summed E-state index contributed by atoms with van der Waals surface area (Å²) in [7, 11) is 3.93. The minimum absolute atomic E-state index is 0.239. The molecule has 0 bridgehead atoms. The van der Waals surface area contributed by atoms with Crippen molar-refractivity contribution in [3.05, 3.63) is 40.7 Å². The molecule has 1 heterocycles. The van der Waals surface area contributed by atoms with Gasteiger partial charge in [0.05, 0.1) is 5.56 Å². The summed E-state index contributed by atoms with van der Waals surface area (Å²) in [5, 5.41) is 6.01. The van der Waals surface area contributed by atoms with Crippen molar-refractivity contribution < 1.29 is 0 Å². The van der Waals surface area contributed by atoms with E-state index in [0.717, 1.165) is 11.3 Å². The molecular weight excluding hydrogens is 216 g/mol. The highest BCUT2D eigenvalue weighted by Gasteiger charge is 2.05. The second kappa shape index (κ2) is 4.29. The van der Waals surface area contributed by atoms with E-state index in [-0.39, 0.29) is 5.56 Å². The van der Waals surface area contributed by atoms with Gasteiger partial charge in [-0.3, -0.25) is 4.79 Å². The number of aromatic nitrogens is 2. The molecule has 5 heteroatoms. The summed E-state index contributed by atoms with van der Waals surface area (Å²) in [6, 6.07) is 9.25. The van der Waals surface area contributed by atoms with E-state index in [0.29, 0.717) is 11.4 Å². The molecule has 1 aromatic carbocycles. The van der Waals surface area contributed by atoms with E-state index in [2.05, 4.69) is 10.2 Å². The Balaban J connectivity index is 2.46. The fourth-order valence-electron chi connectivity index (χ4n) is 1.57.